The van der Waals surface area contributed by atoms with Crippen LogP contribution in [0, 0.1) is 0 Å². The van der Waals surface area contributed by atoms with E-state index < -0.39 is 6.09 Å². The van der Waals surface area contributed by atoms with Crippen LogP contribution in [0.2, 0.25) is 0 Å². The number of carbonyl (C=O) groups excluding carboxylic acids is 1. The highest BCUT2D eigenvalue weighted by Gasteiger charge is 2.29. The van der Waals surface area contributed by atoms with Crippen molar-refractivity contribution in [1.29, 1.82) is 0 Å². The Morgan fingerprint density at radius 3 is 2.38 bits per heavy atom. The van der Waals surface area contributed by atoms with Gasteiger partial charge in [-0.25, -0.2) is 14.8 Å². The van der Waals surface area contributed by atoms with Crippen LogP contribution in [0.15, 0.2) is 61.1 Å². The largest absolute Gasteiger partial charge is 0.448 e. The molecule has 0 saturated heterocycles. The predicted octanol–water partition coefficient (Wildman–Crippen LogP) is 3.33. The molecule has 3 aromatic rings. The van der Waals surface area contributed by atoms with Gasteiger partial charge in [0.1, 0.15) is 12.9 Å². The number of nitrogens with zero attached hydrogens (tertiary/aromatic N) is 2. The number of rotatable bonds is 4. The Morgan fingerprint density at radius 2 is 1.73 bits per heavy atom. The molecule has 0 fully saturated rings. The number of carbonyl (C=O) groups is 1. The first kappa shape index (κ1) is 16.2. The summed E-state index contributed by atoms with van der Waals surface area (Å²) in [4.78, 5) is 20.0. The minimum Gasteiger partial charge on any atom is -0.448 e. The summed E-state index contributed by atoms with van der Waals surface area (Å²) in [5.74, 6) is -0.00233. The molecule has 0 unspecified atom stereocenters. The fourth-order valence-corrected chi connectivity index (χ4v) is 3.33. The van der Waals surface area contributed by atoms with Gasteiger partial charge in [-0.3, -0.25) is 5.32 Å². The molecule has 0 spiro atoms. The van der Waals surface area contributed by atoms with Crippen LogP contribution < -0.4 is 5.32 Å². The molecule has 1 aliphatic rings. The zero-order valence-corrected chi connectivity index (χ0v) is 13.9. The van der Waals surface area contributed by atoms with Crippen LogP contribution in [0.4, 0.5) is 10.5 Å². The number of anilines is 1. The van der Waals surface area contributed by atoms with E-state index >= 15 is 0 Å². The molecule has 0 atom stereocenters. The van der Waals surface area contributed by atoms with Crippen LogP contribution in [-0.2, 0) is 11.3 Å². The number of aliphatic hydroxyl groups is 1. The zero-order valence-electron chi connectivity index (χ0n) is 13.9. The van der Waals surface area contributed by atoms with E-state index in [1.54, 1.807) is 0 Å². The van der Waals surface area contributed by atoms with Crippen LogP contribution in [0.1, 0.15) is 22.7 Å². The monoisotopic (exact) mass is 347 g/mol. The number of benzene rings is 2. The normalized spacial score (nSPS) is 12.3. The molecule has 0 aliphatic heterocycles. The van der Waals surface area contributed by atoms with Gasteiger partial charge in [-0.1, -0.05) is 48.5 Å². The Morgan fingerprint density at radius 1 is 1.08 bits per heavy atom. The molecule has 6 heteroatoms. The van der Waals surface area contributed by atoms with E-state index in [0.717, 1.165) is 11.1 Å². The summed E-state index contributed by atoms with van der Waals surface area (Å²) in [5, 5.41) is 11.9. The minimum absolute atomic E-state index is 0.00233. The molecule has 1 amide bonds. The first-order valence-corrected chi connectivity index (χ1v) is 8.29. The maximum absolute atomic E-state index is 12.2. The van der Waals surface area contributed by atoms with Crippen LogP contribution in [0.25, 0.3) is 11.1 Å². The number of ether oxygens (including phenoxy) is 1. The third-order valence-corrected chi connectivity index (χ3v) is 4.52. The fourth-order valence-electron chi connectivity index (χ4n) is 3.33. The van der Waals surface area contributed by atoms with Gasteiger partial charge in [-0.05, 0) is 22.3 Å². The van der Waals surface area contributed by atoms with E-state index in [1.165, 1.54) is 23.7 Å². The maximum Gasteiger partial charge on any atom is 0.411 e. The molecule has 0 bridgehead atoms. The average Bonchev–Trinajstić information content (AvgIpc) is 3.01. The molecule has 130 valence electrons. The molecule has 2 N–H and O–H groups in total. The van der Waals surface area contributed by atoms with Crippen molar-refractivity contribution in [3.8, 4) is 11.1 Å². The lowest BCUT2D eigenvalue weighted by Crippen LogP contribution is -2.19. The molecule has 1 heterocycles. The van der Waals surface area contributed by atoms with Crippen LogP contribution in [0.5, 0.6) is 0 Å². The van der Waals surface area contributed by atoms with Crippen molar-refractivity contribution in [1.82, 2.24) is 9.97 Å². The maximum atomic E-state index is 12.2. The van der Waals surface area contributed by atoms with Gasteiger partial charge in [0.2, 0.25) is 0 Å². The molecule has 2 aromatic carbocycles. The van der Waals surface area contributed by atoms with Gasteiger partial charge in [0.25, 0.3) is 0 Å². The highest BCUT2D eigenvalue weighted by Crippen LogP contribution is 2.44. The van der Waals surface area contributed by atoms with Gasteiger partial charge in [-0.2, -0.15) is 0 Å². The van der Waals surface area contributed by atoms with E-state index in [-0.39, 0.29) is 19.1 Å². The van der Waals surface area contributed by atoms with Crippen molar-refractivity contribution in [2.75, 3.05) is 11.9 Å². The van der Waals surface area contributed by atoms with E-state index in [0.29, 0.717) is 11.4 Å². The van der Waals surface area contributed by atoms with Crippen LogP contribution in [0.3, 0.4) is 0 Å². The van der Waals surface area contributed by atoms with Gasteiger partial charge in [0, 0.05) is 5.92 Å². The highest BCUT2D eigenvalue weighted by atomic mass is 16.5. The smallest absolute Gasteiger partial charge is 0.411 e. The molecule has 1 aliphatic carbocycles. The number of hydrogen-bond donors (Lipinski definition) is 2. The number of nitrogens with one attached hydrogen (secondary N) is 1. The first-order chi connectivity index (χ1) is 12.8. The average molecular weight is 347 g/mol. The Hall–Kier alpha value is -3.25. The highest BCUT2D eigenvalue weighted by molar-refractivity contribution is 5.85. The molecule has 0 saturated carbocycles. The minimum atomic E-state index is -0.601. The molecule has 6 nitrogen and oxygen atoms in total. The van der Waals surface area contributed by atoms with E-state index in [1.807, 2.05) is 24.3 Å². The fraction of sp³-hybridized carbons (Fsp3) is 0.150. The Balaban J connectivity index is 1.50. The molecule has 26 heavy (non-hydrogen) atoms. The van der Waals surface area contributed by atoms with Gasteiger partial charge < -0.3 is 9.84 Å². The van der Waals surface area contributed by atoms with Crippen molar-refractivity contribution in [2.24, 2.45) is 0 Å². The van der Waals surface area contributed by atoms with Crippen LogP contribution >= 0.6 is 0 Å². The summed E-state index contributed by atoms with van der Waals surface area (Å²) < 4.78 is 5.46. The summed E-state index contributed by atoms with van der Waals surface area (Å²) in [7, 11) is 0. The number of fused-ring (bicyclic) bond motifs is 3. The van der Waals surface area contributed by atoms with Gasteiger partial charge in [0.05, 0.1) is 24.2 Å². The van der Waals surface area contributed by atoms with Gasteiger partial charge in [-0.15, -0.1) is 0 Å². The third kappa shape index (κ3) is 2.91. The first-order valence-electron chi connectivity index (χ1n) is 8.29. The molecular weight excluding hydrogens is 330 g/mol. The topological polar surface area (TPSA) is 84.3 Å². The summed E-state index contributed by atoms with van der Waals surface area (Å²) in [6.45, 7) is -0.0660. The molecule has 0 radical (unpaired) electrons. The van der Waals surface area contributed by atoms with Crippen molar-refractivity contribution < 1.29 is 14.6 Å². The SMILES string of the molecule is O=C(Nc1cncnc1CO)OCC1c2ccccc2-c2ccccc21. The lowest BCUT2D eigenvalue weighted by molar-refractivity contribution is 0.158. The lowest BCUT2D eigenvalue weighted by atomic mass is 9.98. The number of hydrogen-bond acceptors (Lipinski definition) is 5. The third-order valence-electron chi connectivity index (χ3n) is 4.52. The second kappa shape index (κ2) is 6.93. The lowest BCUT2D eigenvalue weighted by Gasteiger charge is -2.15. The van der Waals surface area contributed by atoms with Crippen LogP contribution in [-0.4, -0.2) is 27.8 Å². The number of aliphatic hydroxyl groups excluding tert-OH is 1. The molecular formula is C20H17N3O3. The Bertz CT molecular complexity index is 913. The van der Waals surface area contributed by atoms with E-state index in [9.17, 15) is 9.90 Å². The van der Waals surface area contributed by atoms with Crippen molar-refractivity contribution in [2.45, 2.75) is 12.5 Å². The number of aromatic nitrogens is 2. The zero-order chi connectivity index (χ0) is 17.9. The summed E-state index contributed by atoms with van der Waals surface area (Å²) in [5.41, 5.74) is 5.34. The summed E-state index contributed by atoms with van der Waals surface area (Å²) >= 11 is 0. The Kier molecular flexibility index (Phi) is 4.33. The Labute approximate surface area is 150 Å². The second-order valence-electron chi connectivity index (χ2n) is 5.99. The van der Waals surface area contributed by atoms with Gasteiger partial charge in [0.15, 0.2) is 0 Å². The summed E-state index contributed by atoms with van der Waals surface area (Å²) in [6.07, 6.45) is 2.14. The number of amides is 1. The standard InChI is InChI=1S/C20H17N3O3/c24-10-19-18(9-21-12-22-19)23-20(25)26-11-17-15-7-3-1-5-13(15)14-6-2-4-8-16(14)17/h1-9,12,17,24H,10-11H2,(H,23,25). The van der Waals surface area contributed by atoms with Crippen molar-refractivity contribution in [3.63, 3.8) is 0 Å². The molecule has 4 rings (SSSR count). The van der Waals surface area contributed by atoms with E-state index in [2.05, 4.69) is 39.6 Å². The van der Waals surface area contributed by atoms with E-state index in [4.69, 9.17) is 4.74 Å². The van der Waals surface area contributed by atoms with Crippen molar-refractivity contribution >= 4 is 11.8 Å². The van der Waals surface area contributed by atoms with Gasteiger partial charge >= 0.3 is 6.09 Å². The molecule has 1 aromatic heterocycles. The second-order valence-corrected chi connectivity index (χ2v) is 5.99. The predicted molar refractivity (Wildman–Crippen MR) is 96.6 cm³/mol. The summed E-state index contributed by atoms with van der Waals surface area (Å²) in [6, 6.07) is 16.3. The quantitative estimate of drug-likeness (QED) is 0.756. The van der Waals surface area contributed by atoms with Crippen molar-refractivity contribution in [3.05, 3.63) is 77.9 Å².